The van der Waals surface area contributed by atoms with Crippen molar-refractivity contribution in [1.29, 1.82) is 0 Å². The summed E-state index contributed by atoms with van der Waals surface area (Å²) in [6, 6.07) is 16.1. The summed E-state index contributed by atoms with van der Waals surface area (Å²) in [6.07, 6.45) is 5.21. The number of carbonyl (C=O) groups is 1. The fourth-order valence-electron chi connectivity index (χ4n) is 5.14. The molecule has 2 heterocycles. The summed E-state index contributed by atoms with van der Waals surface area (Å²) < 4.78 is 17.5. The molecule has 2 aliphatic rings. The summed E-state index contributed by atoms with van der Waals surface area (Å²) in [5.74, 6) is 1.75. The standard InChI is InChI=1S/C28H38N2O4/c1-3-33-24-14-12-22(13-15-24)21-29-16-5-4-10-26-27(32-2)11-7-17-30(26)28(31)23-8-6-9-25(20-23)34-19-18-29/h6,8-9,12-15,20,26-27H,3-5,7,10-11,16-19,21H2,1-2H3/t26-,27-/m1/s1. The molecule has 6 heteroatoms. The molecule has 2 atom stereocenters. The maximum atomic E-state index is 13.4. The summed E-state index contributed by atoms with van der Waals surface area (Å²) in [7, 11) is 1.77. The molecule has 1 saturated heterocycles. The fourth-order valence-corrected chi connectivity index (χ4v) is 5.14. The molecular formula is C28H38N2O4. The third kappa shape index (κ3) is 6.30. The topological polar surface area (TPSA) is 51.2 Å². The number of fused-ring (bicyclic) bond motifs is 3. The molecule has 2 aromatic rings. The van der Waals surface area contributed by atoms with Crippen molar-refractivity contribution in [2.24, 2.45) is 0 Å². The summed E-state index contributed by atoms with van der Waals surface area (Å²) in [4.78, 5) is 17.9. The van der Waals surface area contributed by atoms with Crippen molar-refractivity contribution in [1.82, 2.24) is 9.80 Å². The molecule has 34 heavy (non-hydrogen) atoms. The van der Waals surface area contributed by atoms with E-state index in [0.717, 1.165) is 69.8 Å². The van der Waals surface area contributed by atoms with Crippen LogP contribution in [0, 0.1) is 0 Å². The maximum Gasteiger partial charge on any atom is 0.254 e. The molecule has 1 fully saturated rings. The Bertz CT molecular complexity index is 917. The number of amides is 1. The zero-order chi connectivity index (χ0) is 23.8. The van der Waals surface area contributed by atoms with Crippen molar-refractivity contribution in [2.45, 2.75) is 57.7 Å². The molecule has 0 N–H and O–H groups in total. The van der Waals surface area contributed by atoms with Crippen LogP contribution in [0.5, 0.6) is 11.5 Å². The third-order valence-electron chi connectivity index (χ3n) is 6.90. The fraction of sp³-hybridized carbons (Fsp3) is 0.536. The monoisotopic (exact) mass is 466 g/mol. The van der Waals surface area contributed by atoms with Gasteiger partial charge in [0.1, 0.15) is 18.1 Å². The Morgan fingerprint density at radius 1 is 1.00 bits per heavy atom. The number of hydrogen-bond acceptors (Lipinski definition) is 5. The Hall–Kier alpha value is -2.57. The highest BCUT2D eigenvalue weighted by Crippen LogP contribution is 2.27. The highest BCUT2D eigenvalue weighted by molar-refractivity contribution is 5.95. The average Bonchev–Trinajstić information content (AvgIpc) is 2.87. The number of methoxy groups -OCH3 is 1. The molecule has 0 unspecified atom stereocenters. The Morgan fingerprint density at radius 2 is 1.85 bits per heavy atom. The highest BCUT2D eigenvalue weighted by atomic mass is 16.5. The SMILES string of the molecule is CCOc1ccc(CN2CCCC[C@@H]3[C@H](OC)CCCN3C(=O)c3cccc(c3)OCC2)cc1. The van der Waals surface area contributed by atoms with Crippen LogP contribution in [-0.4, -0.2) is 67.8 Å². The van der Waals surface area contributed by atoms with Crippen LogP contribution in [0.2, 0.25) is 0 Å². The Balaban J connectivity index is 1.49. The Morgan fingerprint density at radius 3 is 2.65 bits per heavy atom. The van der Waals surface area contributed by atoms with E-state index in [-0.39, 0.29) is 18.1 Å². The molecule has 0 saturated carbocycles. The minimum Gasteiger partial charge on any atom is -0.494 e. The lowest BCUT2D eigenvalue weighted by Crippen LogP contribution is -2.51. The van der Waals surface area contributed by atoms with Crippen molar-refractivity contribution in [3.8, 4) is 11.5 Å². The van der Waals surface area contributed by atoms with E-state index in [1.54, 1.807) is 7.11 Å². The quantitative estimate of drug-likeness (QED) is 0.635. The second-order valence-corrected chi connectivity index (χ2v) is 9.21. The zero-order valence-corrected chi connectivity index (χ0v) is 20.6. The minimum atomic E-state index is 0.0892. The van der Waals surface area contributed by atoms with Crippen LogP contribution in [-0.2, 0) is 11.3 Å². The highest BCUT2D eigenvalue weighted by Gasteiger charge is 2.34. The first-order valence-corrected chi connectivity index (χ1v) is 12.7. The van der Waals surface area contributed by atoms with Crippen LogP contribution in [0.4, 0.5) is 0 Å². The van der Waals surface area contributed by atoms with Gasteiger partial charge in [-0.2, -0.15) is 0 Å². The van der Waals surface area contributed by atoms with E-state index in [2.05, 4.69) is 17.0 Å². The normalized spacial score (nSPS) is 22.4. The summed E-state index contributed by atoms with van der Waals surface area (Å²) in [5, 5.41) is 0. The van der Waals surface area contributed by atoms with E-state index in [9.17, 15) is 4.79 Å². The van der Waals surface area contributed by atoms with E-state index >= 15 is 0 Å². The summed E-state index contributed by atoms with van der Waals surface area (Å²) in [5.41, 5.74) is 1.97. The van der Waals surface area contributed by atoms with Gasteiger partial charge in [0.15, 0.2) is 0 Å². The van der Waals surface area contributed by atoms with Crippen molar-refractivity contribution in [3.63, 3.8) is 0 Å². The Labute approximate surface area is 203 Å². The molecule has 0 spiro atoms. The minimum absolute atomic E-state index is 0.0892. The first-order chi connectivity index (χ1) is 16.7. The number of benzene rings is 2. The number of hydrogen-bond donors (Lipinski definition) is 0. The van der Waals surface area contributed by atoms with Gasteiger partial charge in [0.25, 0.3) is 5.91 Å². The number of ether oxygens (including phenoxy) is 3. The first-order valence-electron chi connectivity index (χ1n) is 12.7. The van der Waals surface area contributed by atoms with Gasteiger partial charge in [0, 0.05) is 32.3 Å². The second kappa shape index (κ2) is 12.2. The maximum absolute atomic E-state index is 13.4. The van der Waals surface area contributed by atoms with Crippen LogP contribution in [0.1, 0.15) is 54.9 Å². The van der Waals surface area contributed by atoms with Crippen LogP contribution >= 0.6 is 0 Å². The smallest absolute Gasteiger partial charge is 0.254 e. The van der Waals surface area contributed by atoms with E-state index in [1.807, 2.05) is 48.2 Å². The molecule has 184 valence electrons. The van der Waals surface area contributed by atoms with Crippen LogP contribution in [0.25, 0.3) is 0 Å². The van der Waals surface area contributed by atoms with Crippen LogP contribution in [0.3, 0.4) is 0 Å². The number of rotatable bonds is 5. The number of piperidine rings is 1. The Kier molecular flexibility index (Phi) is 8.83. The molecule has 2 bridgehead atoms. The van der Waals surface area contributed by atoms with Gasteiger partial charge >= 0.3 is 0 Å². The molecule has 2 aliphatic heterocycles. The lowest BCUT2D eigenvalue weighted by Gasteiger charge is -2.41. The predicted molar refractivity (Wildman–Crippen MR) is 134 cm³/mol. The molecule has 4 rings (SSSR count). The van der Waals surface area contributed by atoms with E-state index in [1.165, 1.54) is 5.56 Å². The largest absolute Gasteiger partial charge is 0.494 e. The molecule has 0 aliphatic carbocycles. The average molecular weight is 467 g/mol. The van der Waals surface area contributed by atoms with Crippen molar-refractivity contribution in [2.75, 3.05) is 40.0 Å². The van der Waals surface area contributed by atoms with Crippen molar-refractivity contribution in [3.05, 3.63) is 59.7 Å². The summed E-state index contributed by atoms with van der Waals surface area (Å²) in [6.45, 7) is 6.77. The van der Waals surface area contributed by atoms with E-state index in [4.69, 9.17) is 14.2 Å². The van der Waals surface area contributed by atoms with Crippen molar-refractivity contribution < 1.29 is 19.0 Å². The number of carbonyl (C=O) groups excluding carboxylic acids is 1. The molecule has 6 nitrogen and oxygen atoms in total. The number of nitrogens with zero attached hydrogens (tertiary/aromatic N) is 2. The molecule has 0 aromatic heterocycles. The molecular weight excluding hydrogens is 428 g/mol. The zero-order valence-electron chi connectivity index (χ0n) is 20.6. The van der Waals surface area contributed by atoms with E-state index in [0.29, 0.717) is 18.8 Å². The van der Waals surface area contributed by atoms with Gasteiger partial charge in [-0.15, -0.1) is 0 Å². The predicted octanol–water partition coefficient (Wildman–Crippen LogP) is 4.77. The van der Waals surface area contributed by atoms with Gasteiger partial charge in [-0.25, -0.2) is 0 Å². The lowest BCUT2D eigenvalue weighted by molar-refractivity contribution is -0.0156. The van der Waals surface area contributed by atoms with Gasteiger partial charge in [-0.1, -0.05) is 24.6 Å². The molecule has 1 amide bonds. The third-order valence-corrected chi connectivity index (χ3v) is 6.90. The van der Waals surface area contributed by atoms with Crippen LogP contribution < -0.4 is 9.47 Å². The second-order valence-electron chi connectivity index (χ2n) is 9.21. The summed E-state index contributed by atoms with van der Waals surface area (Å²) >= 11 is 0. The van der Waals surface area contributed by atoms with Crippen molar-refractivity contribution >= 4 is 5.91 Å². The van der Waals surface area contributed by atoms with Gasteiger partial charge in [0.2, 0.25) is 0 Å². The van der Waals surface area contributed by atoms with Crippen LogP contribution in [0.15, 0.2) is 48.5 Å². The lowest BCUT2D eigenvalue weighted by atomic mass is 9.93. The van der Waals surface area contributed by atoms with Gasteiger partial charge in [-0.3, -0.25) is 9.69 Å². The first kappa shape index (κ1) is 24.6. The van der Waals surface area contributed by atoms with E-state index < -0.39 is 0 Å². The molecule has 0 radical (unpaired) electrons. The van der Waals surface area contributed by atoms with Gasteiger partial charge in [0.05, 0.1) is 18.8 Å². The molecule has 2 aromatic carbocycles. The van der Waals surface area contributed by atoms with Gasteiger partial charge < -0.3 is 19.1 Å². The van der Waals surface area contributed by atoms with Gasteiger partial charge in [-0.05, 0) is 75.0 Å².